The normalized spacial score (nSPS) is 16.7. The van der Waals surface area contributed by atoms with Crippen molar-refractivity contribution in [2.75, 3.05) is 13.1 Å². The van der Waals surface area contributed by atoms with Gasteiger partial charge in [0.15, 0.2) is 0 Å². The van der Waals surface area contributed by atoms with Gasteiger partial charge in [-0.1, -0.05) is 18.2 Å². The monoisotopic (exact) mass is 369 g/mol. The summed E-state index contributed by atoms with van der Waals surface area (Å²) in [5.74, 6) is -1.16. The molecule has 0 N–H and O–H groups in total. The number of likely N-dealkylation sites (tertiary alicyclic amines) is 1. The summed E-state index contributed by atoms with van der Waals surface area (Å²) < 4.78 is 32.6. The van der Waals surface area contributed by atoms with E-state index in [1.54, 1.807) is 11.1 Å². The summed E-state index contributed by atoms with van der Waals surface area (Å²) in [6, 6.07) is 10.7. The van der Waals surface area contributed by atoms with Crippen molar-refractivity contribution in [1.82, 2.24) is 14.9 Å². The van der Waals surface area contributed by atoms with Crippen LogP contribution in [0.1, 0.15) is 12.0 Å². The number of rotatable bonds is 4. The molecule has 2 aromatic carbocycles. The zero-order chi connectivity index (χ0) is 18.8. The summed E-state index contributed by atoms with van der Waals surface area (Å²) in [4.78, 5) is 22.8. The molecule has 0 radical (unpaired) electrons. The smallest absolute Gasteiger partial charge is 0.233 e. The van der Waals surface area contributed by atoms with E-state index in [0.29, 0.717) is 25.4 Å². The van der Waals surface area contributed by atoms with Gasteiger partial charge in [0.2, 0.25) is 11.8 Å². The van der Waals surface area contributed by atoms with Gasteiger partial charge in [0.1, 0.15) is 17.7 Å². The minimum atomic E-state index is -0.707. The fraction of sp³-hybridized carbons (Fsp3) is 0.250. The van der Waals surface area contributed by atoms with E-state index in [2.05, 4.69) is 9.97 Å². The van der Waals surface area contributed by atoms with Crippen LogP contribution in [0.4, 0.5) is 8.78 Å². The molecule has 0 aliphatic carbocycles. The molecule has 1 saturated heterocycles. The highest BCUT2D eigenvalue weighted by Crippen LogP contribution is 2.20. The lowest BCUT2D eigenvalue weighted by Gasteiger charge is -2.17. The molecule has 1 fully saturated rings. The first-order chi connectivity index (χ1) is 13.1. The molecule has 7 heteroatoms. The summed E-state index contributed by atoms with van der Waals surface area (Å²) in [5, 5.41) is 0. The number of carbonyl (C=O) groups excluding carboxylic acids is 1. The van der Waals surface area contributed by atoms with Crippen LogP contribution in [-0.4, -0.2) is 40.0 Å². The molecule has 27 heavy (non-hydrogen) atoms. The molecule has 4 rings (SSSR count). The van der Waals surface area contributed by atoms with E-state index in [9.17, 15) is 13.6 Å². The van der Waals surface area contributed by atoms with Crippen LogP contribution in [-0.2, 0) is 11.2 Å². The van der Waals surface area contributed by atoms with Gasteiger partial charge < -0.3 is 9.64 Å². The number of fused-ring (bicyclic) bond motifs is 1. The molecule has 2 heterocycles. The third-order valence-electron chi connectivity index (χ3n) is 4.57. The predicted molar refractivity (Wildman–Crippen MR) is 95.2 cm³/mol. The van der Waals surface area contributed by atoms with Crippen LogP contribution in [0.15, 0.2) is 48.7 Å². The Morgan fingerprint density at radius 1 is 1.19 bits per heavy atom. The minimum absolute atomic E-state index is 0.103. The number of hydrogen-bond donors (Lipinski definition) is 0. The number of halogens is 2. The predicted octanol–water partition coefficient (Wildman–Crippen LogP) is 3.13. The van der Waals surface area contributed by atoms with Crippen LogP contribution >= 0.6 is 0 Å². The number of hydrogen-bond acceptors (Lipinski definition) is 4. The van der Waals surface area contributed by atoms with E-state index in [1.165, 1.54) is 6.07 Å². The van der Waals surface area contributed by atoms with Crippen molar-refractivity contribution in [1.29, 1.82) is 0 Å². The number of carbonyl (C=O) groups is 1. The van der Waals surface area contributed by atoms with E-state index in [4.69, 9.17) is 4.74 Å². The van der Waals surface area contributed by atoms with Crippen molar-refractivity contribution in [2.24, 2.45) is 0 Å². The van der Waals surface area contributed by atoms with Crippen LogP contribution in [0.3, 0.4) is 0 Å². The summed E-state index contributed by atoms with van der Waals surface area (Å²) in [5.41, 5.74) is 1.72. The Hall–Kier alpha value is -3.09. The van der Waals surface area contributed by atoms with Gasteiger partial charge >= 0.3 is 0 Å². The van der Waals surface area contributed by atoms with Gasteiger partial charge in [0.05, 0.1) is 30.2 Å². The second kappa shape index (κ2) is 7.26. The van der Waals surface area contributed by atoms with Crippen LogP contribution in [0, 0.1) is 11.6 Å². The van der Waals surface area contributed by atoms with E-state index in [1.807, 2.05) is 24.3 Å². The summed E-state index contributed by atoms with van der Waals surface area (Å²) in [6.07, 6.45) is 1.93. The van der Waals surface area contributed by atoms with E-state index in [-0.39, 0.29) is 24.0 Å². The standard InChI is InChI=1S/C20H17F2N3O2/c21-14-6-5-13(16(22)10-14)9-20(26)25-8-7-15(12-25)27-19-11-23-17-3-1-2-4-18(17)24-19/h1-6,10-11,15H,7-9,12H2. The lowest BCUT2D eigenvalue weighted by atomic mass is 10.1. The van der Waals surface area contributed by atoms with Crippen LogP contribution in [0.25, 0.3) is 11.0 Å². The van der Waals surface area contributed by atoms with Crippen LogP contribution < -0.4 is 4.74 Å². The minimum Gasteiger partial charge on any atom is -0.471 e. The molecule has 138 valence electrons. The largest absolute Gasteiger partial charge is 0.471 e. The van der Waals surface area contributed by atoms with Crippen molar-refractivity contribution >= 4 is 16.9 Å². The van der Waals surface area contributed by atoms with Crippen molar-refractivity contribution in [3.8, 4) is 5.88 Å². The molecular weight excluding hydrogens is 352 g/mol. The molecule has 0 saturated carbocycles. The topological polar surface area (TPSA) is 55.3 Å². The molecule has 1 unspecified atom stereocenters. The first-order valence-corrected chi connectivity index (χ1v) is 8.68. The number of aromatic nitrogens is 2. The van der Waals surface area contributed by atoms with Crippen molar-refractivity contribution in [2.45, 2.75) is 18.9 Å². The maximum absolute atomic E-state index is 13.7. The Kier molecular flexibility index (Phi) is 4.66. The maximum atomic E-state index is 13.7. The Bertz CT molecular complexity index is 996. The average Bonchev–Trinajstić information content (AvgIpc) is 3.12. The first-order valence-electron chi connectivity index (χ1n) is 8.68. The van der Waals surface area contributed by atoms with Gasteiger partial charge in [0, 0.05) is 19.0 Å². The number of ether oxygens (including phenoxy) is 1. The van der Waals surface area contributed by atoms with Gasteiger partial charge in [-0.3, -0.25) is 4.79 Å². The van der Waals surface area contributed by atoms with Crippen LogP contribution in [0.5, 0.6) is 5.88 Å². The van der Waals surface area contributed by atoms with E-state index >= 15 is 0 Å². The molecule has 3 aromatic rings. The second-order valence-corrected chi connectivity index (χ2v) is 6.48. The summed E-state index contributed by atoms with van der Waals surface area (Å²) in [6.45, 7) is 0.920. The van der Waals surface area contributed by atoms with E-state index in [0.717, 1.165) is 23.2 Å². The molecule has 5 nitrogen and oxygen atoms in total. The molecule has 1 atom stereocenters. The maximum Gasteiger partial charge on any atom is 0.233 e. The van der Waals surface area contributed by atoms with Gasteiger partial charge in [-0.25, -0.2) is 18.7 Å². The van der Waals surface area contributed by atoms with Gasteiger partial charge in [0.25, 0.3) is 0 Å². The first kappa shape index (κ1) is 17.3. The Morgan fingerprint density at radius 3 is 2.81 bits per heavy atom. The van der Waals surface area contributed by atoms with Gasteiger partial charge in [-0.15, -0.1) is 0 Å². The molecule has 0 spiro atoms. The average molecular weight is 369 g/mol. The number of benzene rings is 2. The molecule has 0 bridgehead atoms. The molecule has 1 aromatic heterocycles. The molecule has 1 amide bonds. The third kappa shape index (κ3) is 3.86. The highest BCUT2D eigenvalue weighted by molar-refractivity contribution is 5.79. The SMILES string of the molecule is O=C(Cc1ccc(F)cc1F)N1CCC(Oc2cnc3ccccc3n2)C1. The van der Waals surface area contributed by atoms with Crippen molar-refractivity contribution < 1.29 is 18.3 Å². The molecular formula is C20H17F2N3O2. The Labute approximate surface area is 154 Å². The molecule has 1 aliphatic rings. The van der Waals surface area contributed by atoms with Gasteiger partial charge in [-0.05, 0) is 23.8 Å². The quantitative estimate of drug-likeness (QED) is 0.709. The van der Waals surface area contributed by atoms with Crippen molar-refractivity contribution in [3.05, 3.63) is 65.9 Å². The summed E-state index contributed by atoms with van der Waals surface area (Å²) >= 11 is 0. The molecule has 1 aliphatic heterocycles. The fourth-order valence-corrected chi connectivity index (χ4v) is 3.16. The second-order valence-electron chi connectivity index (χ2n) is 6.48. The lowest BCUT2D eigenvalue weighted by molar-refractivity contribution is -0.129. The van der Waals surface area contributed by atoms with Crippen molar-refractivity contribution in [3.63, 3.8) is 0 Å². The Morgan fingerprint density at radius 2 is 2.00 bits per heavy atom. The number of nitrogens with zero attached hydrogens (tertiary/aromatic N) is 3. The number of para-hydroxylation sites is 2. The Balaban J connectivity index is 1.38. The highest BCUT2D eigenvalue weighted by atomic mass is 19.1. The van der Waals surface area contributed by atoms with E-state index < -0.39 is 11.6 Å². The van der Waals surface area contributed by atoms with Gasteiger partial charge in [-0.2, -0.15) is 0 Å². The number of amides is 1. The lowest BCUT2D eigenvalue weighted by Crippen LogP contribution is -2.32. The zero-order valence-corrected chi connectivity index (χ0v) is 14.4. The highest BCUT2D eigenvalue weighted by Gasteiger charge is 2.28. The third-order valence-corrected chi connectivity index (χ3v) is 4.57. The summed E-state index contributed by atoms with van der Waals surface area (Å²) in [7, 11) is 0. The zero-order valence-electron chi connectivity index (χ0n) is 14.4. The van der Waals surface area contributed by atoms with Crippen LogP contribution in [0.2, 0.25) is 0 Å². The fourth-order valence-electron chi connectivity index (χ4n) is 3.16.